The second-order valence-corrected chi connectivity index (χ2v) is 12.3. The van der Waals surface area contributed by atoms with E-state index >= 15 is 4.39 Å². The minimum absolute atomic E-state index is 0.0758. The van der Waals surface area contributed by atoms with Crippen LogP contribution in [0.3, 0.4) is 0 Å². The number of furan rings is 1. The molecule has 0 spiro atoms. The summed E-state index contributed by atoms with van der Waals surface area (Å²) >= 11 is -1.60. The van der Waals surface area contributed by atoms with Gasteiger partial charge in [-0.3, -0.25) is 4.79 Å². The van der Waals surface area contributed by atoms with Crippen molar-refractivity contribution in [1.82, 2.24) is 4.72 Å². The molecule has 0 amide bonds. The van der Waals surface area contributed by atoms with E-state index < -0.39 is 34.6 Å². The first kappa shape index (κ1) is 29.6. The van der Waals surface area contributed by atoms with E-state index in [1.165, 1.54) is 12.3 Å². The van der Waals surface area contributed by atoms with E-state index in [-0.39, 0.29) is 30.1 Å². The first-order valence-electron chi connectivity index (χ1n) is 13.0. The summed E-state index contributed by atoms with van der Waals surface area (Å²) in [4.78, 5) is 12.0. The number of para-hydroxylation sites is 1. The van der Waals surface area contributed by atoms with E-state index in [2.05, 4.69) is 4.72 Å². The van der Waals surface area contributed by atoms with Gasteiger partial charge in [-0.05, 0) is 57.5 Å². The fraction of sp³-hybridized carbons (Fsp3) is 0.323. The Labute approximate surface area is 236 Å². The summed E-state index contributed by atoms with van der Waals surface area (Å²) in [5, 5.41) is 0.745. The molecule has 1 heterocycles. The van der Waals surface area contributed by atoms with Crippen LogP contribution in [0.1, 0.15) is 50.4 Å². The average Bonchev–Trinajstić information content (AvgIpc) is 3.39. The minimum atomic E-state index is -1.60. The maximum Gasteiger partial charge on any atom is 0.310 e. The molecule has 9 heteroatoms. The number of carbonyl (C=O) groups is 1. The summed E-state index contributed by atoms with van der Waals surface area (Å²) in [6, 6.07) is 16.3. The fourth-order valence-corrected chi connectivity index (χ4v) is 5.06. The highest BCUT2D eigenvalue weighted by Gasteiger charge is 2.31. The zero-order chi connectivity index (χ0) is 28.9. The second-order valence-electron chi connectivity index (χ2n) is 10.3. The molecule has 0 aliphatic carbocycles. The van der Waals surface area contributed by atoms with Crippen LogP contribution in [-0.4, -0.2) is 28.6 Å². The van der Waals surface area contributed by atoms with Gasteiger partial charge in [0, 0.05) is 39.0 Å². The summed E-state index contributed by atoms with van der Waals surface area (Å²) < 4.78 is 61.6. The highest BCUT2D eigenvalue weighted by Crippen LogP contribution is 2.36. The van der Waals surface area contributed by atoms with Gasteiger partial charge in [-0.25, -0.2) is 8.78 Å². The van der Waals surface area contributed by atoms with Gasteiger partial charge in [0.25, 0.3) is 0 Å². The number of halogens is 2. The summed E-state index contributed by atoms with van der Waals surface area (Å²) in [5.74, 6) is -0.427. The van der Waals surface area contributed by atoms with Crippen molar-refractivity contribution in [2.75, 3.05) is 13.3 Å². The van der Waals surface area contributed by atoms with E-state index in [4.69, 9.17) is 13.9 Å². The number of esters is 1. The monoisotopic (exact) mass is 569 g/mol. The first-order chi connectivity index (χ1) is 19.1. The van der Waals surface area contributed by atoms with E-state index in [1.807, 2.05) is 18.2 Å². The molecule has 4 aromatic rings. The molecular formula is C31H33F2NO5S. The number of benzene rings is 3. The molecule has 6 nitrogen and oxygen atoms in total. The number of rotatable bonds is 11. The third-order valence-electron chi connectivity index (χ3n) is 6.27. The topological polar surface area (TPSA) is 83.8 Å². The molecule has 0 bridgehead atoms. The molecule has 0 saturated heterocycles. The van der Waals surface area contributed by atoms with Gasteiger partial charge in [-0.15, -0.1) is 4.72 Å². The number of ether oxygens (including phenoxy) is 2. The van der Waals surface area contributed by atoms with Crippen LogP contribution in [0.5, 0.6) is 5.75 Å². The largest absolute Gasteiger partial charge is 0.598 e. The minimum Gasteiger partial charge on any atom is -0.598 e. The second kappa shape index (κ2) is 12.8. The number of carbonyl (C=O) groups excluding carboxylic acids is 1. The number of nitrogens with one attached hydrogen (secondary N) is 1. The third-order valence-corrected chi connectivity index (χ3v) is 7.88. The van der Waals surface area contributed by atoms with Crippen molar-refractivity contribution in [2.24, 2.45) is 0 Å². The normalized spacial score (nSPS) is 13.3. The van der Waals surface area contributed by atoms with Crippen LogP contribution in [0, 0.1) is 5.82 Å². The van der Waals surface area contributed by atoms with E-state index in [0.29, 0.717) is 29.1 Å². The van der Waals surface area contributed by atoms with Gasteiger partial charge >= 0.3 is 5.97 Å². The SMILES string of the molecule is CCOC(=O)Cc1ccccc1OCc1cc(-c2cccc([C@H](CF)N[S@+]([O-])C(C)(C)C)c2F)c2occc2c1. The predicted octanol–water partition coefficient (Wildman–Crippen LogP) is 6.99. The molecule has 0 radical (unpaired) electrons. The van der Waals surface area contributed by atoms with Gasteiger partial charge in [-0.1, -0.05) is 36.4 Å². The van der Waals surface area contributed by atoms with Crippen LogP contribution in [-0.2, 0) is 33.9 Å². The van der Waals surface area contributed by atoms with Crippen LogP contribution in [0.15, 0.2) is 71.3 Å². The molecule has 1 aromatic heterocycles. The van der Waals surface area contributed by atoms with Crippen molar-refractivity contribution in [1.29, 1.82) is 0 Å². The van der Waals surface area contributed by atoms with Crippen molar-refractivity contribution < 1.29 is 32.0 Å². The lowest BCUT2D eigenvalue weighted by molar-refractivity contribution is -0.142. The van der Waals surface area contributed by atoms with Gasteiger partial charge in [-0.2, -0.15) is 0 Å². The van der Waals surface area contributed by atoms with Gasteiger partial charge in [0.2, 0.25) is 0 Å². The number of fused-ring (bicyclic) bond motifs is 1. The quantitative estimate of drug-likeness (QED) is 0.155. The van der Waals surface area contributed by atoms with E-state index in [1.54, 1.807) is 64.1 Å². The predicted molar refractivity (Wildman–Crippen MR) is 152 cm³/mol. The Morgan fingerprint density at radius 2 is 1.88 bits per heavy atom. The molecule has 0 aliphatic heterocycles. The van der Waals surface area contributed by atoms with Crippen LogP contribution in [0.2, 0.25) is 0 Å². The molecule has 3 aromatic carbocycles. The van der Waals surface area contributed by atoms with Crippen LogP contribution >= 0.6 is 0 Å². The highest BCUT2D eigenvalue weighted by molar-refractivity contribution is 7.90. The third kappa shape index (κ3) is 6.83. The molecular weight excluding hydrogens is 536 g/mol. The molecule has 1 N–H and O–H groups in total. The first-order valence-corrected chi connectivity index (χ1v) is 14.2. The number of hydrogen-bond acceptors (Lipinski definition) is 6. The van der Waals surface area contributed by atoms with E-state index in [0.717, 1.165) is 10.9 Å². The molecule has 4 rings (SSSR count). The lowest BCUT2D eigenvalue weighted by Crippen LogP contribution is -2.42. The Morgan fingerprint density at radius 3 is 2.60 bits per heavy atom. The van der Waals surface area contributed by atoms with Gasteiger partial charge in [0.05, 0.1) is 19.3 Å². The Hall–Kier alpha value is -3.40. The van der Waals surface area contributed by atoms with Crippen molar-refractivity contribution in [2.45, 2.75) is 51.5 Å². The van der Waals surface area contributed by atoms with Crippen molar-refractivity contribution in [3.8, 4) is 16.9 Å². The summed E-state index contributed by atoms with van der Waals surface area (Å²) in [6.45, 7) is 6.54. The Bertz CT molecular complexity index is 1470. The summed E-state index contributed by atoms with van der Waals surface area (Å²) in [7, 11) is 0. The summed E-state index contributed by atoms with van der Waals surface area (Å²) in [6.07, 6.45) is 1.60. The van der Waals surface area contributed by atoms with Crippen LogP contribution < -0.4 is 9.46 Å². The number of alkyl halides is 1. The standard InChI is InChI=1S/C31H33F2NO5S/c1-5-37-28(35)17-21-9-6-7-12-27(21)39-19-20-15-22-13-14-38-30(22)25(16-20)23-10-8-11-24(29(23)33)26(18-32)34-40(36)31(2,3)4/h6-16,26,34H,5,17-19H2,1-4H3/t26-,40+/m0/s1. The highest BCUT2D eigenvalue weighted by atomic mass is 32.2. The molecule has 0 fully saturated rings. The van der Waals surface area contributed by atoms with Gasteiger partial charge in [0.1, 0.15) is 41.2 Å². The molecule has 0 saturated carbocycles. The van der Waals surface area contributed by atoms with Gasteiger partial charge < -0.3 is 18.4 Å². The molecule has 40 heavy (non-hydrogen) atoms. The lowest BCUT2D eigenvalue weighted by atomic mass is 9.96. The van der Waals surface area contributed by atoms with Crippen LogP contribution in [0.25, 0.3) is 22.1 Å². The van der Waals surface area contributed by atoms with E-state index in [9.17, 15) is 13.7 Å². The Kier molecular flexibility index (Phi) is 9.50. The van der Waals surface area contributed by atoms with Crippen molar-refractivity contribution >= 4 is 28.3 Å². The zero-order valence-electron chi connectivity index (χ0n) is 23.0. The average molecular weight is 570 g/mol. The number of hydrogen-bond donors (Lipinski definition) is 1. The van der Waals surface area contributed by atoms with Crippen molar-refractivity contribution in [3.05, 3.63) is 89.4 Å². The molecule has 0 aliphatic rings. The summed E-state index contributed by atoms with van der Waals surface area (Å²) in [5.41, 5.74) is 2.70. The van der Waals surface area contributed by atoms with Crippen molar-refractivity contribution in [3.63, 3.8) is 0 Å². The maximum absolute atomic E-state index is 16.0. The smallest absolute Gasteiger partial charge is 0.310 e. The van der Waals surface area contributed by atoms with Crippen LogP contribution in [0.4, 0.5) is 8.78 Å². The maximum atomic E-state index is 16.0. The molecule has 212 valence electrons. The Balaban J connectivity index is 1.65. The zero-order valence-corrected chi connectivity index (χ0v) is 23.8. The lowest BCUT2D eigenvalue weighted by Gasteiger charge is -2.27. The fourth-order valence-electron chi connectivity index (χ4n) is 4.26. The Morgan fingerprint density at radius 1 is 1.10 bits per heavy atom. The molecule has 0 unspecified atom stereocenters. The molecule has 2 atom stereocenters. The van der Waals surface area contributed by atoms with Gasteiger partial charge in [0.15, 0.2) is 0 Å².